The number of methoxy groups -OCH3 is 1. The Morgan fingerprint density at radius 1 is 1.07 bits per heavy atom. The van der Waals surface area contributed by atoms with Crippen molar-refractivity contribution < 1.29 is 18.3 Å². The molecule has 0 spiro atoms. The van der Waals surface area contributed by atoms with E-state index in [4.69, 9.17) is 4.74 Å². The molecule has 8 heteroatoms. The summed E-state index contributed by atoms with van der Waals surface area (Å²) in [5.41, 5.74) is 0.377. The average molecular weight is 385 g/mol. The monoisotopic (exact) mass is 385 g/mol. The number of para-hydroxylation sites is 1. The fraction of sp³-hybridized carbons (Fsp3) is 0.150. The van der Waals surface area contributed by atoms with Gasteiger partial charge in [0.1, 0.15) is 23.9 Å². The number of nitrogens with one attached hydrogen (secondary N) is 1. The minimum atomic E-state index is -0.756. The Labute approximate surface area is 159 Å². The molecule has 2 aromatic carbocycles. The van der Waals surface area contributed by atoms with E-state index in [1.54, 1.807) is 24.3 Å². The van der Waals surface area contributed by atoms with E-state index in [1.807, 2.05) is 0 Å². The van der Waals surface area contributed by atoms with Crippen LogP contribution >= 0.6 is 0 Å². The molecule has 144 valence electrons. The van der Waals surface area contributed by atoms with Crippen LogP contribution < -0.4 is 15.6 Å². The van der Waals surface area contributed by atoms with Gasteiger partial charge in [0.05, 0.1) is 12.8 Å². The van der Waals surface area contributed by atoms with Gasteiger partial charge in [0.2, 0.25) is 5.91 Å². The largest absolute Gasteiger partial charge is 0.496 e. The second-order valence-corrected chi connectivity index (χ2v) is 5.89. The predicted molar refractivity (Wildman–Crippen MR) is 98.7 cm³/mol. The highest BCUT2D eigenvalue weighted by Crippen LogP contribution is 2.27. The van der Waals surface area contributed by atoms with Crippen LogP contribution in [0.4, 0.5) is 8.78 Å². The number of ether oxygens (including phenoxy) is 1. The minimum Gasteiger partial charge on any atom is -0.496 e. The molecule has 3 aromatic rings. The van der Waals surface area contributed by atoms with Gasteiger partial charge in [0, 0.05) is 23.7 Å². The number of hydrogen-bond donors (Lipinski definition) is 1. The summed E-state index contributed by atoms with van der Waals surface area (Å²) in [6.07, 6.45) is 0. The fourth-order valence-corrected chi connectivity index (χ4v) is 2.64. The molecular weight excluding hydrogens is 368 g/mol. The van der Waals surface area contributed by atoms with E-state index in [-0.39, 0.29) is 12.1 Å². The molecule has 0 saturated heterocycles. The topological polar surface area (TPSA) is 73.2 Å². The Hall–Kier alpha value is -3.55. The van der Waals surface area contributed by atoms with Crippen molar-refractivity contribution in [3.8, 4) is 17.0 Å². The summed E-state index contributed by atoms with van der Waals surface area (Å²) in [6.45, 7) is -0.726. The number of rotatable bonds is 6. The lowest BCUT2D eigenvalue weighted by Crippen LogP contribution is -2.33. The average Bonchev–Trinajstić information content (AvgIpc) is 2.69. The van der Waals surface area contributed by atoms with Crippen molar-refractivity contribution >= 4 is 5.91 Å². The number of carbonyl (C=O) groups is 1. The molecule has 0 atom stereocenters. The van der Waals surface area contributed by atoms with E-state index in [0.717, 1.165) is 16.8 Å². The Bertz CT molecular complexity index is 1050. The summed E-state index contributed by atoms with van der Waals surface area (Å²) in [5.74, 6) is -1.54. The number of benzene rings is 2. The predicted octanol–water partition coefficient (Wildman–Crippen LogP) is 2.51. The third kappa shape index (κ3) is 4.22. The van der Waals surface area contributed by atoms with E-state index in [2.05, 4.69) is 10.4 Å². The lowest BCUT2D eigenvalue weighted by Gasteiger charge is -2.11. The molecule has 0 unspecified atom stereocenters. The van der Waals surface area contributed by atoms with Crippen LogP contribution in [-0.2, 0) is 17.9 Å². The maximum absolute atomic E-state index is 13.6. The van der Waals surface area contributed by atoms with Gasteiger partial charge in [0.15, 0.2) is 0 Å². The van der Waals surface area contributed by atoms with E-state index in [0.29, 0.717) is 17.0 Å². The van der Waals surface area contributed by atoms with Crippen molar-refractivity contribution in [2.24, 2.45) is 0 Å². The smallest absolute Gasteiger partial charge is 0.267 e. The summed E-state index contributed by atoms with van der Waals surface area (Å²) in [4.78, 5) is 24.2. The molecule has 1 heterocycles. The number of amides is 1. The van der Waals surface area contributed by atoms with Crippen molar-refractivity contribution in [1.82, 2.24) is 15.1 Å². The first-order valence-electron chi connectivity index (χ1n) is 8.40. The van der Waals surface area contributed by atoms with E-state index >= 15 is 0 Å². The zero-order chi connectivity index (χ0) is 20.1. The van der Waals surface area contributed by atoms with Gasteiger partial charge in [-0.1, -0.05) is 18.2 Å². The molecule has 0 aliphatic heterocycles. The maximum Gasteiger partial charge on any atom is 0.267 e. The van der Waals surface area contributed by atoms with Gasteiger partial charge in [0.25, 0.3) is 5.56 Å². The summed E-state index contributed by atoms with van der Waals surface area (Å²) in [5, 5.41) is 6.59. The third-order valence-electron chi connectivity index (χ3n) is 4.07. The number of carbonyl (C=O) groups excluding carboxylic acids is 1. The Morgan fingerprint density at radius 3 is 2.50 bits per heavy atom. The van der Waals surface area contributed by atoms with Crippen LogP contribution in [0.2, 0.25) is 0 Å². The number of halogens is 2. The van der Waals surface area contributed by atoms with Crippen LogP contribution in [0.25, 0.3) is 11.3 Å². The lowest BCUT2D eigenvalue weighted by molar-refractivity contribution is -0.122. The number of aromatic nitrogens is 2. The van der Waals surface area contributed by atoms with Crippen molar-refractivity contribution in [2.45, 2.75) is 13.1 Å². The van der Waals surface area contributed by atoms with Gasteiger partial charge in [-0.2, -0.15) is 5.10 Å². The molecule has 0 bridgehead atoms. The van der Waals surface area contributed by atoms with Gasteiger partial charge in [-0.25, -0.2) is 13.5 Å². The molecule has 0 radical (unpaired) electrons. The first-order chi connectivity index (χ1) is 13.5. The minimum absolute atomic E-state index is 0.251. The standard InChI is InChI=1S/C20H17F2N3O3/c1-28-18-8-3-2-5-13(18)17-9-10-20(27)25(24-17)12-19(26)23-11-14-15(21)6-4-7-16(14)22/h2-10H,11-12H2,1H3,(H,23,26). The molecular formula is C20H17F2N3O3. The zero-order valence-corrected chi connectivity index (χ0v) is 15.0. The maximum atomic E-state index is 13.6. The van der Waals surface area contributed by atoms with Crippen molar-refractivity contribution in [3.05, 3.63) is 82.1 Å². The van der Waals surface area contributed by atoms with Gasteiger partial charge in [-0.05, 0) is 30.3 Å². The molecule has 0 aliphatic carbocycles. The normalized spacial score (nSPS) is 10.5. The SMILES string of the molecule is COc1ccccc1-c1ccc(=O)n(CC(=O)NCc2c(F)cccc2F)n1. The molecule has 1 aromatic heterocycles. The first kappa shape index (κ1) is 19.2. The van der Waals surface area contributed by atoms with Gasteiger partial charge in [-0.3, -0.25) is 9.59 Å². The zero-order valence-electron chi connectivity index (χ0n) is 15.0. The van der Waals surface area contributed by atoms with Gasteiger partial charge in [-0.15, -0.1) is 0 Å². The van der Waals surface area contributed by atoms with Crippen LogP contribution in [-0.4, -0.2) is 22.8 Å². The van der Waals surface area contributed by atoms with Crippen molar-refractivity contribution in [1.29, 1.82) is 0 Å². The summed E-state index contributed by atoms with van der Waals surface area (Å²) in [7, 11) is 1.52. The van der Waals surface area contributed by atoms with Gasteiger partial charge < -0.3 is 10.1 Å². The highest BCUT2D eigenvalue weighted by molar-refractivity contribution is 5.75. The molecule has 6 nitrogen and oxygen atoms in total. The highest BCUT2D eigenvalue weighted by atomic mass is 19.1. The highest BCUT2D eigenvalue weighted by Gasteiger charge is 2.13. The Balaban J connectivity index is 1.77. The third-order valence-corrected chi connectivity index (χ3v) is 4.07. The fourth-order valence-electron chi connectivity index (χ4n) is 2.64. The van der Waals surface area contributed by atoms with E-state index in [1.165, 1.54) is 25.3 Å². The lowest BCUT2D eigenvalue weighted by atomic mass is 10.1. The van der Waals surface area contributed by atoms with Gasteiger partial charge >= 0.3 is 0 Å². The molecule has 28 heavy (non-hydrogen) atoms. The van der Waals surface area contributed by atoms with Crippen LogP contribution in [0.1, 0.15) is 5.56 Å². The van der Waals surface area contributed by atoms with Crippen LogP contribution in [0.15, 0.2) is 59.4 Å². The molecule has 1 amide bonds. The molecule has 0 aliphatic rings. The Kier molecular flexibility index (Phi) is 5.78. The molecule has 3 rings (SSSR count). The summed E-state index contributed by atoms with van der Waals surface area (Å²) >= 11 is 0. The number of hydrogen-bond acceptors (Lipinski definition) is 4. The summed E-state index contributed by atoms with van der Waals surface area (Å²) < 4.78 is 33.5. The second kappa shape index (κ2) is 8.43. The van der Waals surface area contributed by atoms with Crippen molar-refractivity contribution in [3.63, 3.8) is 0 Å². The summed E-state index contributed by atoms with van der Waals surface area (Å²) in [6, 6.07) is 13.4. The first-order valence-corrected chi connectivity index (χ1v) is 8.40. The van der Waals surface area contributed by atoms with E-state index in [9.17, 15) is 18.4 Å². The Morgan fingerprint density at radius 2 is 1.79 bits per heavy atom. The second-order valence-electron chi connectivity index (χ2n) is 5.89. The molecule has 0 saturated carbocycles. The van der Waals surface area contributed by atoms with Crippen molar-refractivity contribution in [2.75, 3.05) is 7.11 Å². The van der Waals surface area contributed by atoms with Crippen LogP contribution in [0.3, 0.4) is 0 Å². The molecule has 1 N–H and O–H groups in total. The molecule has 0 fully saturated rings. The van der Waals surface area contributed by atoms with Crippen LogP contribution in [0, 0.1) is 11.6 Å². The van der Waals surface area contributed by atoms with Crippen LogP contribution in [0.5, 0.6) is 5.75 Å². The quantitative estimate of drug-likeness (QED) is 0.708. The van der Waals surface area contributed by atoms with E-state index < -0.39 is 29.6 Å². The number of nitrogens with zero attached hydrogens (tertiary/aromatic N) is 2.